The highest BCUT2D eigenvalue weighted by molar-refractivity contribution is 7.17. The van der Waals surface area contributed by atoms with Crippen LogP contribution < -0.4 is 10.6 Å². The molecule has 24 heavy (non-hydrogen) atoms. The highest BCUT2D eigenvalue weighted by atomic mass is 32.1. The van der Waals surface area contributed by atoms with Crippen LogP contribution in [-0.2, 0) is 22.4 Å². The second-order valence-corrected chi connectivity index (χ2v) is 8.88. The number of carbonyl (C=O) groups is 2. The second-order valence-electron chi connectivity index (χ2n) is 7.77. The Morgan fingerprint density at radius 3 is 2.71 bits per heavy atom. The van der Waals surface area contributed by atoms with Gasteiger partial charge in [-0.3, -0.25) is 9.59 Å². The van der Waals surface area contributed by atoms with E-state index >= 15 is 0 Å². The van der Waals surface area contributed by atoms with Gasteiger partial charge in [0, 0.05) is 23.8 Å². The van der Waals surface area contributed by atoms with Crippen LogP contribution in [0.4, 0.5) is 5.00 Å². The fourth-order valence-electron chi connectivity index (χ4n) is 3.54. The summed E-state index contributed by atoms with van der Waals surface area (Å²) in [6.07, 6.45) is 7.15. The number of fused-ring (bicyclic) bond motifs is 1. The SMILES string of the molecule is O=C(NCC1CC1)c1c(NC(=O)C2CC2)sc2c1CC1(CC2)CO1. The number of aryl methyl sites for hydroxylation is 1. The molecule has 3 aliphatic carbocycles. The molecule has 2 amide bonds. The predicted molar refractivity (Wildman–Crippen MR) is 91.4 cm³/mol. The summed E-state index contributed by atoms with van der Waals surface area (Å²) in [7, 11) is 0. The summed E-state index contributed by atoms with van der Waals surface area (Å²) in [6.45, 7) is 1.55. The Morgan fingerprint density at radius 1 is 1.25 bits per heavy atom. The van der Waals surface area contributed by atoms with Gasteiger partial charge < -0.3 is 15.4 Å². The predicted octanol–water partition coefficient (Wildman–Crippen LogP) is 2.49. The van der Waals surface area contributed by atoms with Crippen molar-refractivity contribution in [3.05, 3.63) is 16.0 Å². The van der Waals surface area contributed by atoms with Crippen molar-refractivity contribution in [3.63, 3.8) is 0 Å². The lowest BCUT2D eigenvalue weighted by atomic mass is 9.86. The van der Waals surface area contributed by atoms with Crippen molar-refractivity contribution in [2.24, 2.45) is 11.8 Å². The largest absolute Gasteiger partial charge is 0.369 e. The summed E-state index contributed by atoms with van der Waals surface area (Å²) < 4.78 is 5.66. The molecule has 1 aromatic rings. The van der Waals surface area contributed by atoms with Gasteiger partial charge in [0.1, 0.15) is 5.00 Å². The van der Waals surface area contributed by atoms with Gasteiger partial charge >= 0.3 is 0 Å². The Hall–Kier alpha value is -1.40. The Balaban J connectivity index is 1.44. The first-order valence-corrected chi connectivity index (χ1v) is 9.83. The van der Waals surface area contributed by atoms with E-state index in [0.717, 1.165) is 55.8 Å². The molecule has 2 heterocycles. The first-order chi connectivity index (χ1) is 11.6. The molecular formula is C18H22N2O3S. The molecule has 3 fully saturated rings. The molecule has 1 aromatic heterocycles. The van der Waals surface area contributed by atoms with Crippen LogP contribution >= 0.6 is 11.3 Å². The fourth-order valence-corrected chi connectivity index (χ4v) is 4.75. The highest BCUT2D eigenvalue weighted by Crippen LogP contribution is 2.47. The van der Waals surface area contributed by atoms with Crippen molar-refractivity contribution < 1.29 is 14.3 Å². The minimum Gasteiger partial charge on any atom is -0.369 e. The summed E-state index contributed by atoms with van der Waals surface area (Å²) in [6, 6.07) is 0. The summed E-state index contributed by atoms with van der Waals surface area (Å²) in [4.78, 5) is 26.3. The van der Waals surface area contributed by atoms with Gasteiger partial charge in [0.25, 0.3) is 5.91 Å². The maximum Gasteiger partial charge on any atom is 0.254 e. The molecule has 0 radical (unpaired) electrons. The lowest BCUT2D eigenvalue weighted by Gasteiger charge is -2.19. The van der Waals surface area contributed by atoms with Crippen molar-refractivity contribution in [2.45, 2.75) is 50.5 Å². The van der Waals surface area contributed by atoms with Gasteiger partial charge in [-0.15, -0.1) is 11.3 Å². The van der Waals surface area contributed by atoms with E-state index in [9.17, 15) is 9.59 Å². The standard InChI is InChI=1S/C18H22N2O3S/c21-15(11-3-4-11)20-17-14(16(22)19-8-10-1-2-10)12-7-18(9-23-18)6-5-13(12)24-17/h10-11H,1-9H2,(H,19,22)(H,20,21). The number of carbonyl (C=O) groups excluding carboxylic acids is 2. The van der Waals surface area contributed by atoms with Crippen LogP contribution in [-0.4, -0.2) is 30.6 Å². The number of amides is 2. The van der Waals surface area contributed by atoms with Gasteiger partial charge in [-0.25, -0.2) is 0 Å². The average molecular weight is 346 g/mol. The summed E-state index contributed by atoms with van der Waals surface area (Å²) in [5.41, 5.74) is 1.79. The minimum atomic E-state index is -0.0304. The Labute approximate surface area is 145 Å². The number of anilines is 1. The molecule has 0 bridgehead atoms. The van der Waals surface area contributed by atoms with Crippen LogP contribution in [0.5, 0.6) is 0 Å². The normalized spacial score (nSPS) is 27.7. The molecule has 128 valence electrons. The summed E-state index contributed by atoms with van der Waals surface area (Å²) in [5, 5.41) is 6.87. The molecule has 4 aliphatic rings. The molecule has 6 heteroatoms. The molecule has 1 atom stereocenters. The number of ether oxygens (including phenoxy) is 1. The van der Waals surface area contributed by atoms with Gasteiger partial charge in [-0.05, 0) is 50.0 Å². The Morgan fingerprint density at radius 2 is 2.04 bits per heavy atom. The lowest BCUT2D eigenvalue weighted by Crippen LogP contribution is -2.29. The molecule has 5 nitrogen and oxygen atoms in total. The van der Waals surface area contributed by atoms with E-state index in [1.54, 1.807) is 11.3 Å². The quantitative estimate of drug-likeness (QED) is 0.805. The van der Waals surface area contributed by atoms with Crippen molar-refractivity contribution in [3.8, 4) is 0 Å². The Bertz CT molecular complexity index is 714. The van der Waals surface area contributed by atoms with Crippen LogP contribution in [0.1, 0.15) is 52.9 Å². The third kappa shape index (κ3) is 2.75. The molecule has 2 N–H and O–H groups in total. The van der Waals surface area contributed by atoms with Crippen LogP contribution in [0.25, 0.3) is 0 Å². The van der Waals surface area contributed by atoms with E-state index < -0.39 is 0 Å². The minimum absolute atomic E-state index is 0.0248. The second kappa shape index (κ2) is 5.30. The average Bonchev–Trinajstić information content (AvgIpc) is 3.42. The zero-order valence-electron chi connectivity index (χ0n) is 13.7. The molecule has 0 aromatic carbocycles. The van der Waals surface area contributed by atoms with Crippen LogP contribution in [0.2, 0.25) is 0 Å². The molecule has 1 saturated heterocycles. The number of hydrogen-bond acceptors (Lipinski definition) is 4. The maximum absolute atomic E-state index is 12.8. The maximum atomic E-state index is 12.8. The Kier molecular flexibility index (Phi) is 3.29. The van der Waals surface area contributed by atoms with Crippen LogP contribution in [0.15, 0.2) is 0 Å². The van der Waals surface area contributed by atoms with Crippen molar-refractivity contribution in [1.29, 1.82) is 0 Å². The zero-order chi connectivity index (χ0) is 16.3. The fraction of sp³-hybridized carbons (Fsp3) is 0.667. The van der Waals surface area contributed by atoms with Crippen LogP contribution in [0.3, 0.4) is 0 Å². The topological polar surface area (TPSA) is 70.7 Å². The zero-order valence-corrected chi connectivity index (χ0v) is 14.5. The molecule has 5 rings (SSSR count). The third-order valence-electron chi connectivity index (χ3n) is 5.61. The summed E-state index contributed by atoms with van der Waals surface area (Å²) >= 11 is 1.59. The first kappa shape index (κ1) is 14.9. The first-order valence-electron chi connectivity index (χ1n) is 9.01. The number of thiophene rings is 1. The van der Waals surface area contributed by atoms with Crippen molar-refractivity contribution in [1.82, 2.24) is 5.32 Å². The van der Waals surface area contributed by atoms with Crippen molar-refractivity contribution >= 4 is 28.2 Å². The number of rotatable bonds is 5. The smallest absolute Gasteiger partial charge is 0.254 e. The number of hydrogen-bond donors (Lipinski definition) is 2. The van der Waals surface area contributed by atoms with E-state index in [1.807, 2.05) is 0 Å². The van der Waals surface area contributed by atoms with Gasteiger partial charge in [-0.1, -0.05) is 0 Å². The lowest BCUT2D eigenvalue weighted by molar-refractivity contribution is -0.117. The summed E-state index contributed by atoms with van der Waals surface area (Å²) in [5.74, 6) is 0.834. The van der Waals surface area contributed by atoms with E-state index in [0.29, 0.717) is 11.5 Å². The van der Waals surface area contributed by atoms with Crippen LogP contribution in [0, 0.1) is 11.8 Å². The molecule has 1 unspecified atom stereocenters. The third-order valence-corrected chi connectivity index (χ3v) is 6.82. The highest BCUT2D eigenvalue weighted by Gasteiger charge is 2.49. The van der Waals surface area contributed by atoms with E-state index in [2.05, 4.69) is 10.6 Å². The monoisotopic (exact) mass is 346 g/mol. The number of nitrogens with one attached hydrogen (secondary N) is 2. The van der Waals surface area contributed by atoms with Gasteiger partial charge in [0.05, 0.1) is 17.8 Å². The van der Waals surface area contributed by atoms with Gasteiger partial charge in [0.2, 0.25) is 5.91 Å². The van der Waals surface area contributed by atoms with Gasteiger partial charge in [0.15, 0.2) is 0 Å². The van der Waals surface area contributed by atoms with Crippen molar-refractivity contribution in [2.75, 3.05) is 18.5 Å². The molecular weight excluding hydrogens is 324 g/mol. The molecule has 2 saturated carbocycles. The van der Waals surface area contributed by atoms with Gasteiger partial charge in [-0.2, -0.15) is 0 Å². The molecule has 1 spiro atoms. The van der Waals surface area contributed by atoms with E-state index in [4.69, 9.17) is 4.74 Å². The van der Waals surface area contributed by atoms with E-state index in [1.165, 1.54) is 17.7 Å². The van der Waals surface area contributed by atoms with E-state index in [-0.39, 0.29) is 23.3 Å². The number of epoxide rings is 1. The molecule has 1 aliphatic heterocycles.